The van der Waals surface area contributed by atoms with Crippen LogP contribution in [-0.4, -0.2) is 59.8 Å². The normalized spacial score (nSPS) is 28.6. The number of likely N-dealkylation sites (N-methyl/N-ethyl adjacent to an activating group) is 1. The summed E-state index contributed by atoms with van der Waals surface area (Å²) >= 11 is 0. The molecule has 1 aliphatic heterocycles. The van der Waals surface area contributed by atoms with E-state index in [9.17, 15) is 5.11 Å². The molecule has 15 heavy (non-hydrogen) atoms. The summed E-state index contributed by atoms with van der Waals surface area (Å²) in [5, 5.41) is 9.38. The van der Waals surface area contributed by atoms with Crippen LogP contribution in [0, 0.1) is 5.92 Å². The summed E-state index contributed by atoms with van der Waals surface area (Å²) < 4.78 is 0. The molecular formula is C12H26N2O. The Hall–Kier alpha value is -0.120. The van der Waals surface area contributed by atoms with Crippen LogP contribution in [0.25, 0.3) is 0 Å². The Balaban J connectivity index is 2.65. The standard InChI is InChI=1S/C12H26N2O/c1-10(2)6-14-7-11(8-15)13(5)12(3,4)9-14/h10-11,15H,6-9H2,1-5H3. The maximum atomic E-state index is 9.38. The second kappa shape index (κ2) is 4.81. The van der Waals surface area contributed by atoms with Gasteiger partial charge in [-0.15, -0.1) is 0 Å². The highest BCUT2D eigenvalue weighted by Crippen LogP contribution is 2.23. The minimum Gasteiger partial charge on any atom is -0.395 e. The van der Waals surface area contributed by atoms with Gasteiger partial charge in [0, 0.05) is 31.2 Å². The van der Waals surface area contributed by atoms with Gasteiger partial charge < -0.3 is 5.11 Å². The van der Waals surface area contributed by atoms with Gasteiger partial charge in [-0.05, 0) is 26.8 Å². The second-order valence-electron chi connectivity index (χ2n) is 5.85. The van der Waals surface area contributed by atoms with Crippen molar-refractivity contribution in [2.75, 3.05) is 33.3 Å². The van der Waals surface area contributed by atoms with Crippen LogP contribution in [0.4, 0.5) is 0 Å². The number of rotatable bonds is 3. The van der Waals surface area contributed by atoms with E-state index >= 15 is 0 Å². The molecule has 1 aliphatic rings. The van der Waals surface area contributed by atoms with Gasteiger partial charge in [0.25, 0.3) is 0 Å². The summed E-state index contributed by atoms with van der Waals surface area (Å²) in [6, 6.07) is 0.285. The van der Waals surface area contributed by atoms with Crippen LogP contribution < -0.4 is 0 Å². The van der Waals surface area contributed by atoms with Crippen LogP contribution in [0.1, 0.15) is 27.7 Å². The van der Waals surface area contributed by atoms with Crippen molar-refractivity contribution in [3.63, 3.8) is 0 Å². The molecule has 90 valence electrons. The van der Waals surface area contributed by atoms with Crippen LogP contribution in [0.2, 0.25) is 0 Å². The van der Waals surface area contributed by atoms with Gasteiger partial charge in [-0.1, -0.05) is 13.8 Å². The van der Waals surface area contributed by atoms with E-state index in [1.807, 2.05) is 0 Å². The summed E-state index contributed by atoms with van der Waals surface area (Å²) in [5.41, 5.74) is 0.167. The van der Waals surface area contributed by atoms with Gasteiger partial charge in [0.2, 0.25) is 0 Å². The summed E-state index contributed by atoms with van der Waals surface area (Å²) in [5.74, 6) is 0.698. The highest BCUT2D eigenvalue weighted by Gasteiger charge is 2.36. The molecule has 1 saturated heterocycles. The predicted molar refractivity (Wildman–Crippen MR) is 64.0 cm³/mol. The van der Waals surface area contributed by atoms with Gasteiger partial charge in [-0.3, -0.25) is 9.80 Å². The number of nitrogens with zero attached hydrogens (tertiary/aromatic N) is 2. The molecule has 0 amide bonds. The van der Waals surface area contributed by atoms with Gasteiger partial charge in [0.1, 0.15) is 0 Å². The lowest BCUT2D eigenvalue weighted by molar-refractivity contribution is -0.0300. The van der Waals surface area contributed by atoms with E-state index in [-0.39, 0.29) is 18.2 Å². The van der Waals surface area contributed by atoms with Crippen molar-refractivity contribution >= 4 is 0 Å². The zero-order chi connectivity index (χ0) is 11.6. The summed E-state index contributed by atoms with van der Waals surface area (Å²) in [7, 11) is 2.12. The van der Waals surface area contributed by atoms with E-state index < -0.39 is 0 Å². The van der Waals surface area contributed by atoms with Gasteiger partial charge in [-0.25, -0.2) is 0 Å². The second-order valence-corrected chi connectivity index (χ2v) is 5.85. The lowest BCUT2D eigenvalue weighted by Gasteiger charge is -2.50. The fraction of sp³-hybridized carbons (Fsp3) is 1.00. The Labute approximate surface area is 94.1 Å². The molecule has 1 fully saturated rings. The molecule has 1 heterocycles. The van der Waals surface area contributed by atoms with Gasteiger partial charge in [0.05, 0.1) is 6.61 Å². The summed E-state index contributed by atoms with van der Waals surface area (Å²) in [6.07, 6.45) is 0. The minimum atomic E-state index is 0.167. The summed E-state index contributed by atoms with van der Waals surface area (Å²) in [4.78, 5) is 4.79. The molecular weight excluding hydrogens is 188 g/mol. The van der Waals surface area contributed by atoms with Crippen molar-refractivity contribution in [3.8, 4) is 0 Å². The van der Waals surface area contributed by atoms with Crippen LogP contribution in [-0.2, 0) is 0 Å². The average Bonchev–Trinajstić information content (AvgIpc) is 2.09. The van der Waals surface area contributed by atoms with Crippen molar-refractivity contribution in [2.24, 2.45) is 5.92 Å². The Bertz CT molecular complexity index is 204. The smallest absolute Gasteiger partial charge is 0.0599 e. The van der Waals surface area contributed by atoms with Crippen molar-refractivity contribution in [1.29, 1.82) is 0 Å². The molecule has 0 spiro atoms. The van der Waals surface area contributed by atoms with Crippen molar-refractivity contribution in [1.82, 2.24) is 9.80 Å². The SMILES string of the molecule is CC(C)CN1CC(CO)N(C)C(C)(C)C1. The monoisotopic (exact) mass is 214 g/mol. The van der Waals surface area contributed by atoms with E-state index in [0.29, 0.717) is 5.92 Å². The fourth-order valence-electron chi connectivity index (χ4n) is 2.47. The molecule has 1 rings (SSSR count). The third-order valence-corrected chi connectivity index (χ3v) is 3.42. The zero-order valence-electron chi connectivity index (χ0n) is 10.8. The lowest BCUT2D eigenvalue weighted by Crippen LogP contribution is -2.63. The first-order valence-electron chi connectivity index (χ1n) is 5.93. The molecule has 0 saturated carbocycles. The van der Waals surface area contributed by atoms with Gasteiger partial charge in [0.15, 0.2) is 0 Å². The van der Waals surface area contributed by atoms with E-state index in [0.717, 1.165) is 19.6 Å². The average molecular weight is 214 g/mol. The van der Waals surface area contributed by atoms with Crippen LogP contribution in [0.15, 0.2) is 0 Å². The molecule has 3 nitrogen and oxygen atoms in total. The molecule has 0 bridgehead atoms. The molecule has 1 unspecified atom stereocenters. The fourth-order valence-corrected chi connectivity index (χ4v) is 2.47. The third kappa shape index (κ3) is 3.16. The first-order chi connectivity index (χ1) is 6.86. The third-order valence-electron chi connectivity index (χ3n) is 3.42. The molecule has 1 N–H and O–H groups in total. The molecule has 0 aromatic carbocycles. The number of aliphatic hydroxyl groups is 1. The quantitative estimate of drug-likeness (QED) is 0.760. The Morgan fingerprint density at radius 3 is 2.47 bits per heavy atom. The Morgan fingerprint density at radius 2 is 2.00 bits per heavy atom. The molecule has 1 atom stereocenters. The summed E-state index contributed by atoms with van der Waals surface area (Å²) in [6.45, 7) is 12.5. The molecule has 0 radical (unpaired) electrons. The number of hydrogen-bond acceptors (Lipinski definition) is 3. The molecule has 0 aromatic rings. The van der Waals surface area contributed by atoms with E-state index in [2.05, 4.69) is 44.5 Å². The molecule has 3 heteroatoms. The largest absolute Gasteiger partial charge is 0.395 e. The van der Waals surface area contributed by atoms with Crippen LogP contribution >= 0.6 is 0 Å². The first kappa shape index (κ1) is 12.9. The zero-order valence-corrected chi connectivity index (χ0v) is 10.8. The van der Waals surface area contributed by atoms with Crippen molar-refractivity contribution in [2.45, 2.75) is 39.3 Å². The van der Waals surface area contributed by atoms with Crippen molar-refractivity contribution in [3.05, 3.63) is 0 Å². The van der Waals surface area contributed by atoms with Gasteiger partial charge in [-0.2, -0.15) is 0 Å². The highest BCUT2D eigenvalue weighted by molar-refractivity contribution is 4.93. The topological polar surface area (TPSA) is 26.7 Å². The van der Waals surface area contributed by atoms with Crippen molar-refractivity contribution < 1.29 is 5.11 Å². The van der Waals surface area contributed by atoms with E-state index in [1.54, 1.807) is 0 Å². The predicted octanol–water partition coefficient (Wildman–Crippen LogP) is 1.03. The van der Waals surface area contributed by atoms with E-state index in [1.165, 1.54) is 0 Å². The van der Waals surface area contributed by atoms with Crippen LogP contribution in [0.3, 0.4) is 0 Å². The maximum absolute atomic E-state index is 9.38. The maximum Gasteiger partial charge on any atom is 0.0599 e. The molecule has 0 aliphatic carbocycles. The number of hydrogen-bond donors (Lipinski definition) is 1. The highest BCUT2D eigenvalue weighted by atomic mass is 16.3. The Kier molecular flexibility index (Phi) is 4.15. The number of piperazine rings is 1. The Morgan fingerprint density at radius 1 is 1.40 bits per heavy atom. The van der Waals surface area contributed by atoms with Crippen LogP contribution in [0.5, 0.6) is 0 Å². The molecule has 0 aromatic heterocycles. The number of aliphatic hydroxyl groups excluding tert-OH is 1. The van der Waals surface area contributed by atoms with Gasteiger partial charge >= 0.3 is 0 Å². The first-order valence-corrected chi connectivity index (χ1v) is 5.93. The lowest BCUT2D eigenvalue weighted by atomic mass is 9.95. The minimum absolute atomic E-state index is 0.167. The van der Waals surface area contributed by atoms with E-state index in [4.69, 9.17) is 0 Å².